The summed E-state index contributed by atoms with van der Waals surface area (Å²) in [5.74, 6) is 0. The molecule has 0 aromatic heterocycles. The van der Waals surface area contributed by atoms with Crippen molar-refractivity contribution in [1.29, 1.82) is 0 Å². The van der Waals surface area contributed by atoms with Crippen LogP contribution >= 0.6 is 24.8 Å². The molecule has 1 atom stereocenters. The normalized spacial score (nSPS) is 17.0. The summed E-state index contributed by atoms with van der Waals surface area (Å²) in [6.07, 6.45) is 4.04. The molecule has 4 nitrogen and oxygen atoms in total. The minimum atomic E-state index is -3.13. The Labute approximate surface area is 145 Å². The van der Waals surface area contributed by atoms with Crippen LogP contribution < -0.4 is 5.32 Å². The maximum absolute atomic E-state index is 11.5. The smallest absolute Gasteiger partial charge is 0.175 e. The quantitative estimate of drug-likeness (QED) is 0.813. The van der Waals surface area contributed by atoms with Crippen molar-refractivity contribution < 1.29 is 8.42 Å². The Morgan fingerprint density at radius 3 is 2.23 bits per heavy atom. The molecule has 1 heterocycles. The van der Waals surface area contributed by atoms with E-state index in [1.165, 1.54) is 6.26 Å². The number of benzene rings is 1. The predicted octanol–water partition coefficient (Wildman–Crippen LogP) is 2.46. The highest BCUT2D eigenvalue weighted by Gasteiger charge is 2.21. The second-order valence-electron chi connectivity index (χ2n) is 5.17. The van der Waals surface area contributed by atoms with Crippen LogP contribution in [0.5, 0.6) is 0 Å². The summed E-state index contributed by atoms with van der Waals surface area (Å²) in [7, 11) is -3.13. The molecular formula is C15H24Cl2N2O2S. The topological polar surface area (TPSA) is 49.4 Å². The molecule has 1 aromatic carbocycles. The molecule has 0 amide bonds. The summed E-state index contributed by atoms with van der Waals surface area (Å²) in [4.78, 5) is 2.80. The lowest BCUT2D eigenvalue weighted by Crippen LogP contribution is -2.45. The van der Waals surface area contributed by atoms with Crippen LogP contribution in [0.25, 0.3) is 0 Å². The van der Waals surface area contributed by atoms with E-state index in [-0.39, 0.29) is 30.9 Å². The summed E-state index contributed by atoms with van der Waals surface area (Å²) in [6, 6.07) is 7.52. The Bertz CT molecular complexity index is 555. The van der Waals surface area contributed by atoms with E-state index in [0.29, 0.717) is 4.90 Å². The average molecular weight is 367 g/mol. The SMILES string of the molecule is C=CC[C@H](c1ccc(S(C)(=O)=O)cc1)N1CCNCC1.Cl.Cl. The van der Waals surface area contributed by atoms with Crippen molar-refractivity contribution >= 4 is 34.7 Å². The fraction of sp³-hybridized carbons (Fsp3) is 0.467. The summed E-state index contributed by atoms with van der Waals surface area (Å²) < 4.78 is 23.0. The van der Waals surface area contributed by atoms with Gasteiger partial charge in [0.1, 0.15) is 0 Å². The molecule has 1 aliphatic heterocycles. The minimum Gasteiger partial charge on any atom is -0.314 e. The lowest BCUT2D eigenvalue weighted by Gasteiger charge is -2.34. The number of piperazine rings is 1. The van der Waals surface area contributed by atoms with Crippen LogP contribution in [0.1, 0.15) is 18.0 Å². The third-order valence-electron chi connectivity index (χ3n) is 3.68. The summed E-state index contributed by atoms with van der Waals surface area (Å²) in [5.41, 5.74) is 1.15. The molecular weight excluding hydrogens is 343 g/mol. The third kappa shape index (κ3) is 5.56. The van der Waals surface area contributed by atoms with Crippen molar-refractivity contribution in [3.05, 3.63) is 42.5 Å². The van der Waals surface area contributed by atoms with Gasteiger partial charge in [-0.15, -0.1) is 31.4 Å². The molecule has 22 heavy (non-hydrogen) atoms. The lowest BCUT2D eigenvalue weighted by atomic mass is 10.0. The summed E-state index contributed by atoms with van der Waals surface area (Å²) >= 11 is 0. The van der Waals surface area contributed by atoms with E-state index in [4.69, 9.17) is 0 Å². The highest BCUT2D eigenvalue weighted by Crippen LogP contribution is 2.26. The van der Waals surface area contributed by atoms with E-state index < -0.39 is 9.84 Å². The molecule has 1 aliphatic rings. The zero-order valence-corrected chi connectivity index (χ0v) is 15.1. The first-order valence-corrected chi connectivity index (χ1v) is 8.77. The zero-order chi connectivity index (χ0) is 14.6. The van der Waals surface area contributed by atoms with Crippen LogP contribution in [0.2, 0.25) is 0 Å². The van der Waals surface area contributed by atoms with Gasteiger partial charge in [-0.2, -0.15) is 0 Å². The van der Waals surface area contributed by atoms with Gasteiger partial charge < -0.3 is 5.32 Å². The number of hydrogen-bond donors (Lipinski definition) is 1. The fourth-order valence-electron chi connectivity index (χ4n) is 2.58. The molecule has 0 spiro atoms. The Balaban J connectivity index is 0.00000220. The first kappa shape index (κ1) is 21.4. The highest BCUT2D eigenvalue weighted by molar-refractivity contribution is 7.90. The van der Waals surface area contributed by atoms with Crippen LogP contribution in [0.15, 0.2) is 41.8 Å². The molecule has 1 saturated heterocycles. The number of sulfone groups is 1. The Morgan fingerprint density at radius 2 is 1.77 bits per heavy atom. The van der Waals surface area contributed by atoms with Crippen molar-refractivity contribution in [2.24, 2.45) is 0 Å². The Kier molecular flexibility index (Phi) is 9.27. The van der Waals surface area contributed by atoms with Gasteiger partial charge in [0.2, 0.25) is 0 Å². The van der Waals surface area contributed by atoms with Gasteiger partial charge in [-0.3, -0.25) is 4.90 Å². The van der Waals surface area contributed by atoms with Gasteiger partial charge >= 0.3 is 0 Å². The van der Waals surface area contributed by atoms with E-state index in [1.54, 1.807) is 12.1 Å². The standard InChI is InChI=1S/C15H22N2O2S.2ClH/c1-3-4-15(17-11-9-16-10-12-17)13-5-7-14(8-6-13)20(2,18)19;;/h3,5-8,15-16H,1,4,9-12H2,2H3;2*1H/t15-;;/m1../s1. The molecule has 126 valence electrons. The summed E-state index contributed by atoms with van der Waals surface area (Å²) in [5, 5.41) is 3.35. The van der Waals surface area contributed by atoms with Crippen LogP contribution in [0.3, 0.4) is 0 Å². The Hall–Kier alpha value is -0.590. The largest absolute Gasteiger partial charge is 0.314 e. The van der Waals surface area contributed by atoms with Crippen molar-refractivity contribution in [3.63, 3.8) is 0 Å². The van der Waals surface area contributed by atoms with E-state index in [1.807, 2.05) is 18.2 Å². The lowest BCUT2D eigenvalue weighted by molar-refractivity contribution is 0.174. The number of nitrogens with zero attached hydrogens (tertiary/aromatic N) is 1. The first-order valence-electron chi connectivity index (χ1n) is 6.88. The zero-order valence-electron chi connectivity index (χ0n) is 12.7. The van der Waals surface area contributed by atoms with Gasteiger partial charge in [0.15, 0.2) is 9.84 Å². The fourth-order valence-corrected chi connectivity index (χ4v) is 3.22. The molecule has 2 rings (SSSR count). The van der Waals surface area contributed by atoms with Crippen molar-refractivity contribution in [2.75, 3.05) is 32.4 Å². The molecule has 1 N–H and O–H groups in total. The second kappa shape index (κ2) is 9.53. The van der Waals surface area contributed by atoms with Crippen LogP contribution in [0.4, 0.5) is 0 Å². The van der Waals surface area contributed by atoms with Crippen LogP contribution in [0, 0.1) is 0 Å². The third-order valence-corrected chi connectivity index (χ3v) is 4.80. The predicted molar refractivity (Wildman–Crippen MR) is 96.0 cm³/mol. The van der Waals surface area contributed by atoms with E-state index in [9.17, 15) is 8.42 Å². The average Bonchev–Trinajstić information content (AvgIpc) is 2.45. The number of halogens is 2. The molecule has 1 fully saturated rings. The van der Waals surface area contributed by atoms with Gasteiger partial charge in [0, 0.05) is 38.5 Å². The number of rotatable bonds is 5. The maximum Gasteiger partial charge on any atom is 0.175 e. The van der Waals surface area contributed by atoms with Crippen LogP contribution in [-0.2, 0) is 9.84 Å². The van der Waals surface area contributed by atoms with Gasteiger partial charge in [0.05, 0.1) is 4.90 Å². The Morgan fingerprint density at radius 1 is 1.23 bits per heavy atom. The number of hydrogen-bond acceptors (Lipinski definition) is 4. The molecule has 7 heteroatoms. The monoisotopic (exact) mass is 366 g/mol. The van der Waals surface area contributed by atoms with Gasteiger partial charge in [-0.05, 0) is 24.1 Å². The van der Waals surface area contributed by atoms with E-state index >= 15 is 0 Å². The summed E-state index contributed by atoms with van der Waals surface area (Å²) in [6.45, 7) is 7.84. The molecule has 0 aliphatic carbocycles. The second-order valence-corrected chi connectivity index (χ2v) is 7.18. The van der Waals surface area contributed by atoms with Gasteiger partial charge in [-0.25, -0.2) is 8.42 Å². The minimum absolute atomic E-state index is 0. The van der Waals surface area contributed by atoms with Crippen molar-refractivity contribution in [1.82, 2.24) is 10.2 Å². The molecule has 1 aromatic rings. The molecule has 0 unspecified atom stereocenters. The van der Waals surface area contributed by atoms with Crippen molar-refractivity contribution in [3.8, 4) is 0 Å². The van der Waals surface area contributed by atoms with E-state index in [2.05, 4.69) is 16.8 Å². The van der Waals surface area contributed by atoms with Gasteiger partial charge in [-0.1, -0.05) is 18.2 Å². The van der Waals surface area contributed by atoms with Crippen LogP contribution in [-0.4, -0.2) is 45.8 Å². The van der Waals surface area contributed by atoms with Crippen molar-refractivity contribution in [2.45, 2.75) is 17.4 Å². The van der Waals surface area contributed by atoms with E-state index in [0.717, 1.165) is 38.2 Å². The number of nitrogens with one attached hydrogen (secondary N) is 1. The molecule has 0 radical (unpaired) electrons. The molecule has 0 saturated carbocycles. The van der Waals surface area contributed by atoms with Gasteiger partial charge in [0.25, 0.3) is 0 Å². The maximum atomic E-state index is 11.5. The molecule has 0 bridgehead atoms. The highest BCUT2D eigenvalue weighted by atomic mass is 35.5. The first-order chi connectivity index (χ1) is 9.52.